The smallest absolute Gasteiger partial charge is 0.243 e. The topological polar surface area (TPSA) is 63.4 Å². The summed E-state index contributed by atoms with van der Waals surface area (Å²) in [6, 6.07) is 6.62. The highest BCUT2D eigenvalue weighted by atomic mass is 32.2. The van der Waals surface area contributed by atoms with Crippen LogP contribution in [0.3, 0.4) is 0 Å². The van der Waals surface area contributed by atoms with E-state index in [0.29, 0.717) is 4.90 Å². The lowest BCUT2D eigenvalue weighted by Crippen LogP contribution is -2.36. The van der Waals surface area contributed by atoms with Crippen molar-refractivity contribution in [2.45, 2.75) is 37.6 Å². The fourth-order valence-corrected chi connectivity index (χ4v) is 3.53. The zero-order chi connectivity index (χ0) is 15.2. The minimum absolute atomic E-state index is 0.0247. The Kier molecular flexibility index (Phi) is 6.21. The lowest BCUT2D eigenvalue weighted by molar-refractivity contribution is 0.349. The van der Waals surface area contributed by atoms with Crippen LogP contribution in [0, 0.1) is 11.8 Å². The molecule has 0 saturated heterocycles. The molecule has 0 saturated carbocycles. The number of hydrogen-bond donors (Lipinski definition) is 1. The molecule has 0 spiro atoms. The maximum atomic E-state index is 12.5. The molecule has 0 aliphatic carbocycles. The van der Waals surface area contributed by atoms with E-state index in [0.717, 1.165) is 18.4 Å². The van der Waals surface area contributed by atoms with Crippen molar-refractivity contribution in [2.24, 2.45) is 5.73 Å². The maximum Gasteiger partial charge on any atom is 0.243 e. The number of rotatable bonds is 5. The van der Waals surface area contributed by atoms with Gasteiger partial charge in [0.05, 0.1) is 11.4 Å². The Hall–Kier alpha value is -1.35. The Balaban J connectivity index is 3.04. The van der Waals surface area contributed by atoms with Crippen LogP contribution < -0.4 is 5.73 Å². The van der Waals surface area contributed by atoms with E-state index >= 15 is 0 Å². The molecule has 0 aliphatic heterocycles. The van der Waals surface area contributed by atoms with Gasteiger partial charge in [0.2, 0.25) is 10.0 Å². The van der Waals surface area contributed by atoms with Gasteiger partial charge in [-0.05, 0) is 37.1 Å². The number of benzene rings is 1. The molecule has 0 amide bonds. The maximum absolute atomic E-state index is 12.5. The Labute approximate surface area is 122 Å². The van der Waals surface area contributed by atoms with Crippen molar-refractivity contribution >= 4 is 10.0 Å². The van der Waals surface area contributed by atoms with Crippen LogP contribution in [-0.4, -0.2) is 32.4 Å². The van der Waals surface area contributed by atoms with Crippen LogP contribution in [0.2, 0.25) is 0 Å². The van der Waals surface area contributed by atoms with Gasteiger partial charge < -0.3 is 5.73 Å². The number of nitrogens with zero attached hydrogens (tertiary/aromatic N) is 1. The van der Waals surface area contributed by atoms with Crippen molar-refractivity contribution in [2.75, 3.05) is 13.6 Å². The summed E-state index contributed by atoms with van der Waals surface area (Å²) < 4.78 is 26.4. The minimum atomic E-state index is -3.44. The van der Waals surface area contributed by atoms with Crippen molar-refractivity contribution in [1.82, 2.24) is 4.31 Å². The van der Waals surface area contributed by atoms with Gasteiger partial charge in [-0.3, -0.25) is 0 Å². The zero-order valence-corrected chi connectivity index (χ0v) is 13.1. The quantitative estimate of drug-likeness (QED) is 0.842. The van der Waals surface area contributed by atoms with Gasteiger partial charge in [0.25, 0.3) is 0 Å². The van der Waals surface area contributed by atoms with E-state index in [2.05, 4.69) is 11.8 Å². The third-order valence-electron chi connectivity index (χ3n) is 3.32. The van der Waals surface area contributed by atoms with Gasteiger partial charge in [-0.2, -0.15) is 4.31 Å². The minimum Gasteiger partial charge on any atom is -0.320 e. The molecule has 1 aromatic carbocycles. The van der Waals surface area contributed by atoms with E-state index < -0.39 is 10.0 Å². The summed E-state index contributed by atoms with van der Waals surface area (Å²) in [5, 5.41) is 0. The summed E-state index contributed by atoms with van der Waals surface area (Å²) in [6.45, 7) is 4.27. The van der Waals surface area contributed by atoms with E-state index in [1.165, 1.54) is 4.31 Å². The second-order valence-electron chi connectivity index (χ2n) is 4.52. The number of nitrogens with two attached hydrogens (primary N) is 1. The van der Waals surface area contributed by atoms with Gasteiger partial charge in [0.15, 0.2) is 0 Å². The van der Waals surface area contributed by atoms with E-state index in [1.54, 1.807) is 31.3 Å². The van der Waals surface area contributed by atoms with Crippen LogP contribution >= 0.6 is 0 Å². The summed E-state index contributed by atoms with van der Waals surface area (Å²) in [7, 11) is -1.81. The molecule has 0 aromatic heterocycles. The van der Waals surface area contributed by atoms with Gasteiger partial charge in [0, 0.05) is 18.7 Å². The Morgan fingerprint density at radius 2 is 1.75 bits per heavy atom. The monoisotopic (exact) mass is 294 g/mol. The molecule has 4 nitrogen and oxygen atoms in total. The molecular weight excluding hydrogens is 272 g/mol. The molecule has 1 rings (SSSR count). The SMILES string of the molecule is CCC(CC)N(C)S(=O)(=O)c1ccc(C#CCN)cc1. The van der Waals surface area contributed by atoms with Gasteiger partial charge in [-0.25, -0.2) is 8.42 Å². The highest BCUT2D eigenvalue weighted by Crippen LogP contribution is 2.19. The highest BCUT2D eigenvalue weighted by Gasteiger charge is 2.25. The Morgan fingerprint density at radius 3 is 2.20 bits per heavy atom. The number of sulfonamides is 1. The fraction of sp³-hybridized carbons (Fsp3) is 0.467. The molecule has 1 aromatic rings. The molecule has 5 heteroatoms. The highest BCUT2D eigenvalue weighted by molar-refractivity contribution is 7.89. The molecule has 2 N–H and O–H groups in total. The predicted molar refractivity (Wildman–Crippen MR) is 81.7 cm³/mol. The lowest BCUT2D eigenvalue weighted by Gasteiger charge is -2.25. The first kappa shape index (κ1) is 16.7. The molecule has 110 valence electrons. The second kappa shape index (κ2) is 7.44. The number of hydrogen-bond acceptors (Lipinski definition) is 3. The van der Waals surface area contributed by atoms with Crippen LogP contribution in [0.25, 0.3) is 0 Å². The molecule has 0 fully saturated rings. The van der Waals surface area contributed by atoms with E-state index in [4.69, 9.17) is 5.73 Å². The van der Waals surface area contributed by atoms with Gasteiger partial charge in [-0.15, -0.1) is 0 Å². The molecule has 0 aliphatic rings. The first-order chi connectivity index (χ1) is 9.47. The zero-order valence-electron chi connectivity index (χ0n) is 12.3. The summed E-state index contributed by atoms with van der Waals surface area (Å²) in [5.74, 6) is 5.61. The normalized spacial score (nSPS) is 11.5. The molecule has 20 heavy (non-hydrogen) atoms. The molecule has 0 bridgehead atoms. The molecule has 0 unspecified atom stereocenters. The average molecular weight is 294 g/mol. The van der Waals surface area contributed by atoms with Crippen molar-refractivity contribution in [3.05, 3.63) is 29.8 Å². The molecular formula is C15H22N2O2S. The summed E-state index contributed by atoms with van der Waals surface area (Å²) >= 11 is 0. The second-order valence-corrected chi connectivity index (χ2v) is 6.52. The third kappa shape index (κ3) is 3.83. The van der Waals surface area contributed by atoms with Crippen LogP contribution in [0.15, 0.2) is 29.2 Å². The van der Waals surface area contributed by atoms with Crippen molar-refractivity contribution < 1.29 is 8.42 Å². The first-order valence-corrected chi connectivity index (χ1v) is 8.18. The lowest BCUT2D eigenvalue weighted by atomic mass is 10.2. The summed E-state index contributed by atoms with van der Waals surface area (Å²) in [4.78, 5) is 0.296. The third-order valence-corrected chi connectivity index (χ3v) is 5.25. The van der Waals surface area contributed by atoms with Crippen LogP contribution in [0.4, 0.5) is 0 Å². The largest absolute Gasteiger partial charge is 0.320 e. The van der Waals surface area contributed by atoms with Gasteiger partial charge in [-0.1, -0.05) is 25.7 Å². The van der Waals surface area contributed by atoms with Crippen LogP contribution in [0.5, 0.6) is 0 Å². The first-order valence-electron chi connectivity index (χ1n) is 6.74. The van der Waals surface area contributed by atoms with E-state index in [-0.39, 0.29) is 12.6 Å². The van der Waals surface area contributed by atoms with E-state index in [9.17, 15) is 8.42 Å². The summed E-state index contributed by atoms with van der Waals surface area (Å²) in [5.41, 5.74) is 6.07. The molecule has 0 radical (unpaired) electrons. The van der Waals surface area contributed by atoms with Crippen molar-refractivity contribution in [1.29, 1.82) is 0 Å². The van der Waals surface area contributed by atoms with Crippen molar-refractivity contribution in [3.8, 4) is 11.8 Å². The fourth-order valence-electron chi connectivity index (χ4n) is 2.03. The van der Waals surface area contributed by atoms with Crippen LogP contribution in [-0.2, 0) is 10.0 Å². The Morgan fingerprint density at radius 1 is 1.20 bits per heavy atom. The standard InChI is InChI=1S/C15H22N2O2S/c1-4-14(5-2)17(3)20(18,19)15-10-8-13(9-11-15)7-6-12-16/h8-11,14H,4-5,12,16H2,1-3H3. The van der Waals surface area contributed by atoms with Crippen LogP contribution in [0.1, 0.15) is 32.3 Å². The summed E-state index contributed by atoms with van der Waals surface area (Å²) in [6.07, 6.45) is 1.60. The van der Waals surface area contributed by atoms with Crippen molar-refractivity contribution in [3.63, 3.8) is 0 Å². The molecule has 0 atom stereocenters. The Bertz CT molecular complexity index is 579. The van der Waals surface area contributed by atoms with Gasteiger partial charge in [0.1, 0.15) is 0 Å². The predicted octanol–water partition coefficient (Wildman–Crippen LogP) is 1.81. The van der Waals surface area contributed by atoms with E-state index in [1.807, 2.05) is 13.8 Å². The van der Waals surface area contributed by atoms with Gasteiger partial charge >= 0.3 is 0 Å². The molecule has 0 heterocycles. The average Bonchev–Trinajstić information content (AvgIpc) is 2.46.